The first-order chi connectivity index (χ1) is 9.48. The molecule has 1 saturated heterocycles. The zero-order valence-corrected chi connectivity index (χ0v) is 12.5. The quantitative estimate of drug-likeness (QED) is 0.835. The van der Waals surface area contributed by atoms with Gasteiger partial charge < -0.3 is 15.3 Å². The molecule has 0 bridgehead atoms. The van der Waals surface area contributed by atoms with Gasteiger partial charge in [0.1, 0.15) is 0 Å². The van der Waals surface area contributed by atoms with E-state index >= 15 is 0 Å². The normalized spacial score (nSPS) is 34.0. The maximum absolute atomic E-state index is 12.3. The molecule has 2 aliphatic rings. The van der Waals surface area contributed by atoms with E-state index in [-0.39, 0.29) is 12.1 Å². The molecule has 1 aliphatic heterocycles. The first kappa shape index (κ1) is 15.1. The van der Waals surface area contributed by atoms with Crippen molar-refractivity contribution < 1.29 is 14.7 Å². The molecule has 0 radical (unpaired) electrons. The lowest BCUT2D eigenvalue weighted by Gasteiger charge is -2.39. The SMILES string of the molecule is CCC1(C(=O)O)CCCN(C(=O)NC2CCCC2C)C1. The predicted octanol–water partition coefficient (Wildman–Crippen LogP) is 2.46. The number of amides is 2. The number of carbonyl (C=O) groups excluding carboxylic acids is 1. The van der Waals surface area contributed by atoms with E-state index < -0.39 is 11.4 Å². The van der Waals surface area contributed by atoms with Crippen molar-refractivity contribution in [1.82, 2.24) is 10.2 Å². The smallest absolute Gasteiger partial charge is 0.317 e. The molecule has 1 aliphatic carbocycles. The van der Waals surface area contributed by atoms with E-state index in [1.807, 2.05) is 6.92 Å². The second-order valence-electron chi connectivity index (χ2n) is 6.43. The van der Waals surface area contributed by atoms with E-state index in [1.165, 1.54) is 12.8 Å². The predicted molar refractivity (Wildman–Crippen MR) is 76.5 cm³/mol. The number of nitrogens with zero attached hydrogens (tertiary/aromatic N) is 1. The van der Waals surface area contributed by atoms with Crippen LogP contribution in [0.3, 0.4) is 0 Å². The number of urea groups is 1. The Morgan fingerprint density at radius 2 is 2.10 bits per heavy atom. The second kappa shape index (κ2) is 6.02. The summed E-state index contributed by atoms with van der Waals surface area (Å²) in [5.41, 5.74) is -0.753. The molecule has 0 aromatic rings. The van der Waals surface area contributed by atoms with E-state index in [9.17, 15) is 14.7 Å². The molecule has 0 aromatic carbocycles. The average molecular weight is 282 g/mol. The van der Waals surface area contributed by atoms with Crippen LogP contribution in [0.1, 0.15) is 52.4 Å². The lowest BCUT2D eigenvalue weighted by Crippen LogP contribution is -2.54. The van der Waals surface area contributed by atoms with Crippen molar-refractivity contribution in [3.05, 3.63) is 0 Å². The standard InChI is InChI=1S/C15H26N2O3/c1-3-15(13(18)19)8-5-9-17(10-15)14(20)16-12-7-4-6-11(12)2/h11-12H,3-10H2,1-2H3,(H,16,20)(H,18,19). The maximum atomic E-state index is 12.3. The van der Waals surface area contributed by atoms with Crippen LogP contribution >= 0.6 is 0 Å². The number of likely N-dealkylation sites (tertiary alicyclic amines) is 1. The van der Waals surface area contributed by atoms with Crippen molar-refractivity contribution in [3.63, 3.8) is 0 Å². The van der Waals surface area contributed by atoms with E-state index in [1.54, 1.807) is 4.90 Å². The van der Waals surface area contributed by atoms with Gasteiger partial charge in [-0.3, -0.25) is 4.79 Å². The number of nitrogens with one attached hydrogen (secondary N) is 1. The summed E-state index contributed by atoms with van der Waals surface area (Å²) < 4.78 is 0. The van der Waals surface area contributed by atoms with Crippen LogP contribution in [-0.4, -0.2) is 41.1 Å². The molecular weight excluding hydrogens is 256 g/mol. The van der Waals surface area contributed by atoms with Gasteiger partial charge in [-0.15, -0.1) is 0 Å². The van der Waals surface area contributed by atoms with Gasteiger partial charge in [0.2, 0.25) is 0 Å². The Bertz CT molecular complexity index is 385. The first-order valence-corrected chi connectivity index (χ1v) is 7.77. The van der Waals surface area contributed by atoms with E-state index in [0.29, 0.717) is 31.8 Å². The number of rotatable bonds is 3. The molecule has 20 heavy (non-hydrogen) atoms. The highest BCUT2D eigenvalue weighted by molar-refractivity contribution is 5.79. The van der Waals surface area contributed by atoms with Crippen molar-refractivity contribution in [3.8, 4) is 0 Å². The summed E-state index contributed by atoms with van der Waals surface area (Å²) in [6, 6.07) is 0.174. The molecule has 0 spiro atoms. The third kappa shape index (κ3) is 2.91. The van der Waals surface area contributed by atoms with E-state index in [0.717, 1.165) is 12.8 Å². The molecule has 2 fully saturated rings. The van der Waals surface area contributed by atoms with Crippen LogP contribution < -0.4 is 5.32 Å². The Labute approximate surface area is 120 Å². The van der Waals surface area contributed by atoms with Crippen LogP contribution in [0.25, 0.3) is 0 Å². The average Bonchev–Trinajstić information content (AvgIpc) is 2.84. The van der Waals surface area contributed by atoms with Gasteiger partial charge in [-0.2, -0.15) is 0 Å². The summed E-state index contributed by atoms with van der Waals surface area (Å²) in [6.07, 6.45) is 5.39. The molecule has 2 rings (SSSR count). The number of hydrogen-bond acceptors (Lipinski definition) is 2. The van der Waals surface area contributed by atoms with Gasteiger partial charge in [0, 0.05) is 19.1 Å². The topological polar surface area (TPSA) is 69.6 Å². The van der Waals surface area contributed by atoms with Gasteiger partial charge in [0.05, 0.1) is 5.41 Å². The molecule has 5 heteroatoms. The third-order valence-corrected chi connectivity index (χ3v) is 5.16. The number of carboxylic acid groups (broad SMARTS) is 1. The van der Waals surface area contributed by atoms with Crippen molar-refractivity contribution in [2.75, 3.05) is 13.1 Å². The van der Waals surface area contributed by atoms with Gasteiger partial charge in [-0.25, -0.2) is 4.79 Å². The largest absolute Gasteiger partial charge is 0.481 e. The first-order valence-electron chi connectivity index (χ1n) is 7.77. The highest BCUT2D eigenvalue weighted by atomic mass is 16.4. The van der Waals surface area contributed by atoms with Gasteiger partial charge in [0.25, 0.3) is 0 Å². The Morgan fingerprint density at radius 3 is 2.65 bits per heavy atom. The van der Waals surface area contributed by atoms with Crippen molar-refractivity contribution in [2.45, 2.75) is 58.4 Å². The summed E-state index contributed by atoms with van der Waals surface area (Å²) in [7, 11) is 0. The van der Waals surface area contributed by atoms with Gasteiger partial charge in [0.15, 0.2) is 0 Å². The fourth-order valence-electron chi connectivity index (χ4n) is 3.53. The molecule has 1 saturated carbocycles. The van der Waals surface area contributed by atoms with Gasteiger partial charge >= 0.3 is 12.0 Å². The molecule has 2 amide bonds. The summed E-state index contributed by atoms with van der Waals surface area (Å²) in [5, 5.41) is 12.5. The monoisotopic (exact) mass is 282 g/mol. The minimum atomic E-state index is -0.772. The van der Waals surface area contributed by atoms with Crippen molar-refractivity contribution in [2.24, 2.45) is 11.3 Å². The highest BCUT2D eigenvalue weighted by Gasteiger charge is 2.42. The minimum absolute atomic E-state index is 0.0810. The zero-order chi connectivity index (χ0) is 14.8. The molecular formula is C15H26N2O3. The lowest BCUT2D eigenvalue weighted by molar-refractivity contribution is -0.152. The van der Waals surface area contributed by atoms with Crippen LogP contribution in [0.15, 0.2) is 0 Å². The summed E-state index contributed by atoms with van der Waals surface area (Å²) in [5.74, 6) is -0.245. The number of carboxylic acids is 1. The zero-order valence-electron chi connectivity index (χ0n) is 12.5. The molecule has 3 atom stereocenters. The molecule has 2 N–H and O–H groups in total. The number of piperidine rings is 1. The number of hydrogen-bond donors (Lipinski definition) is 2. The molecule has 0 aromatic heterocycles. The molecule has 1 heterocycles. The molecule has 5 nitrogen and oxygen atoms in total. The minimum Gasteiger partial charge on any atom is -0.481 e. The lowest BCUT2D eigenvalue weighted by atomic mass is 9.78. The van der Waals surface area contributed by atoms with Gasteiger partial charge in [-0.05, 0) is 38.0 Å². The Hall–Kier alpha value is -1.26. The van der Waals surface area contributed by atoms with Crippen LogP contribution in [0.5, 0.6) is 0 Å². The maximum Gasteiger partial charge on any atom is 0.317 e. The fourth-order valence-corrected chi connectivity index (χ4v) is 3.53. The Morgan fingerprint density at radius 1 is 1.35 bits per heavy atom. The van der Waals surface area contributed by atoms with Crippen LogP contribution in [0.2, 0.25) is 0 Å². The molecule has 3 unspecified atom stereocenters. The number of carbonyl (C=O) groups is 2. The number of aliphatic carboxylic acids is 1. The fraction of sp³-hybridized carbons (Fsp3) is 0.867. The van der Waals surface area contributed by atoms with Crippen LogP contribution in [0, 0.1) is 11.3 Å². The highest BCUT2D eigenvalue weighted by Crippen LogP contribution is 2.34. The van der Waals surface area contributed by atoms with Gasteiger partial charge in [-0.1, -0.05) is 20.3 Å². The summed E-state index contributed by atoms with van der Waals surface area (Å²) in [4.78, 5) is 25.6. The van der Waals surface area contributed by atoms with Crippen molar-refractivity contribution >= 4 is 12.0 Å². The second-order valence-corrected chi connectivity index (χ2v) is 6.43. The Kier molecular flexibility index (Phi) is 4.55. The van der Waals surface area contributed by atoms with Crippen LogP contribution in [-0.2, 0) is 4.79 Å². The third-order valence-electron chi connectivity index (χ3n) is 5.16. The van der Waals surface area contributed by atoms with E-state index in [2.05, 4.69) is 12.2 Å². The summed E-state index contributed by atoms with van der Waals surface area (Å²) in [6.45, 7) is 5.07. The summed E-state index contributed by atoms with van der Waals surface area (Å²) >= 11 is 0. The van der Waals surface area contributed by atoms with Crippen LogP contribution in [0.4, 0.5) is 4.79 Å². The van der Waals surface area contributed by atoms with Crippen molar-refractivity contribution in [1.29, 1.82) is 0 Å². The Balaban J connectivity index is 1.97. The molecule has 114 valence electrons. The van der Waals surface area contributed by atoms with E-state index in [4.69, 9.17) is 0 Å².